The number of amides is 1. The third-order valence-electron chi connectivity index (χ3n) is 3.27. The first-order valence-electron chi connectivity index (χ1n) is 6.81. The van der Waals surface area contributed by atoms with Gasteiger partial charge in [0, 0.05) is 26.3 Å². The molecule has 1 aromatic rings. The first-order valence-corrected chi connectivity index (χ1v) is 6.81. The fourth-order valence-corrected chi connectivity index (χ4v) is 2.31. The zero-order valence-electron chi connectivity index (χ0n) is 11.5. The third-order valence-corrected chi connectivity index (χ3v) is 3.27. The van der Waals surface area contributed by atoms with Gasteiger partial charge in [0.05, 0.1) is 0 Å². The lowest BCUT2D eigenvalue weighted by Crippen LogP contribution is -2.42. The summed E-state index contributed by atoms with van der Waals surface area (Å²) in [4.78, 5) is 22.6. The van der Waals surface area contributed by atoms with E-state index in [1.54, 1.807) is 13.2 Å². The summed E-state index contributed by atoms with van der Waals surface area (Å²) in [7, 11) is 1.67. The molecule has 1 fully saturated rings. The molecule has 1 amide bonds. The van der Waals surface area contributed by atoms with Crippen LogP contribution in [0.3, 0.4) is 0 Å². The van der Waals surface area contributed by atoms with Gasteiger partial charge in [0.1, 0.15) is 11.9 Å². The second-order valence-corrected chi connectivity index (χ2v) is 4.63. The average molecular weight is 263 g/mol. The lowest BCUT2D eigenvalue weighted by atomic mass is 10.2. The number of aromatic nitrogens is 2. The van der Waals surface area contributed by atoms with Crippen LogP contribution in [0.1, 0.15) is 26.2 Å². The second-order valence-electron chi connectivity index (χ2n) is 4.63. The van der Waals surface area contributed by atoms with Crippen molar-refractivity contribution in [1.82, 2.24) is 15.3 Å². The Bertz CT molecular complexity index is 437. The SMILES string of the molecule is CCCNc1nccc(N2CCCC2C(=O)NC)n1. The number of carbonyl (C=O) groups is 1. The minimum atomic E-state index is -0.112. The average Bonchev–Trinajstić information content (AvgIpc) is 2.94. The Morgan fingerprint density at radius 3 is 3.16 bits per heavy atom. The maximum atomic E-state index is 11.8. The van der Waals surface area contributed by atoms with Gasteiger partial charge in [-0.15, -0.1) is 0 Å². The summed E-state index contributed by atoms with van der Waals surface area (Å²) in [6.45, 7) is 3.81. The molecule has 0 saturated carbocycles. The Labute approximate surface area is 113 Å². The van der Waals surface area contributed by atoms with Crippen LogP contribution >= 0.6 is 0 Å². The monoisotopic (exact) mass is 263 g/mol. The summed E-state index contributed by atoms with van der Waals surface area (Å²) in [5, 5.41) is 5.88. The molecule has 0 aromatic carbocycles. The minimum Gasteiger partial charge on any atom is -0.357 e. The summed E-state index contributed by atoms with van der Waals surface area (Å²) in [5.41, 5.74) is 0. The summed E-state index contributed by atoms with van der Waals surface area (Å²) in [6, 6.07) is 1.75. The van der Waals surface area contributed by atoms with Gasteiger partial charge in [-0.3, -0.25) is 4.79 Å². The van der Waals surface area contributed by atoms with Crippen molar-refractivity contribution in [3.05, 3.63) is 12.3 Å². The molecule has 19 heavy (non-hydrogen) atoms. The highest BCUT2D eigenvalue weighted by molar-refractivity contribution is 5.85. The van der Waals surface area contributed by atoms with E-state index in [9.17, 15) is 4.79 Å². The van der Waals surface area contributed by atoms with Gasteiger partial charge in [-0.1, -0.05) is 6.92 Å². The number of likely N-dealkylation sites (N-methyl/N-ethyl adjacent to an activating group) is 1. The molecule has 6 nitrogen and oxygen atoms in total. The van der Waals surface area contributed by atoms with Crippen LogP contribution in [0.5, 0.6) is 0 Å². The van der Waals surface area contributed by atoms with Gasteiger partial charge in [0.25, 0.3) is 0 Å². The summed E-state index contributed by atoms with van der Waals surface area (Å²) < 4.78 is 0. The van der Waals surface area contributed by atoms with Crippen LogP contribution in [0.4, 0.5) is 11.8 Å². The Hall–Kier alpha value is -1.85. The molecule has 2 N–H and O–H groups in total. The molecule has 104 valence electrons. The van der Waals surface area contributed by atoms with Gasteiger partial charge in [0.2, 0.25) is 11.9 Å². The van der Waals surface area contributed by atoms with Crippen LogP contribution in [0.25, 0.3) is 0 Å². The lowest BCUT2D eigenvalue weighted by molar-refractivity contribution is -0.121. The Morgan fingerprint density at radius 2 is 2.42 bits per heavy atom. The first kappa shape index (κ1) is 13.6. The second kappa shape index (κ2) is 6.36. The van der Waals surface area contributed by atoms with E-state index in [1.807, 2.05) is 6.07 Å². The van der Waals surface area contributed by atoms with E-state index < -0.39 is 0 Å². The van der Waals surface area contributed by atoms with Crippen molar-refractivity contribution in [1.29, 1.82) is 0 Å². The van der Waals surface area contributed by atoms with E-state index in [2.05, 4.69) is 32.4 Å². The number of hydrogen-bond acceptors (Lipinski definition) is 5. The van der Waals surface area contributed by atoms with Gasteiger partial charge in [-0.2, -0.15) is 4.98 Å². The fourth-order valence-electron chi connectivity index (χ4n) is 2.31. The van der Waals surface area contributed by atoms with Crippen molar-refractivity contribution in [3.63, 3.8) is 0 Å². The Morgan fingerprint density at radius 1 is 1.58 bits per heavy atom. The van der Waals surface area contributed by atoms with Gasteiger partial charge in [-0.05, 0) is 25.3 Å². The highest BCUT2D eigenvalue weighted by Gasteiger charge is 2.31. The molecule has 0 aliphatic carbocycles. The molecule has 1 atom stereocenters. The van der Waals surface area contributed by atoms with Crippen LogP contribution in [0, 0.1) is 0 Å². The number of anilines is 2. The number of nitrogens with one attached hydrogen (secondary N) is 2. The summed E-state index contributed by atoms with van der Waals surface area (Å²) in [5.74, 6) is 1.50. The lowest BCUT2D eigenvalue weighted by Gasteiger charge is -2.24. The van der Waals surface area contributed by atoms with Crippen molar-refractivity contribution in [2.45, 2.75) is 32.2 Å². The van der Waals surface area contributed by atoms with Crippen molar-refractivity contribution in [2.24, 2.45) is 0 Å². The van der Waals surface area contributed by atoms with E-state index in [0.29, 0.717) is 5.95 Å². The van der Waals surface area contributed by atoms with Gasteiger partial charge < -0.3 is 15.5 Å². The van der Waals surface area contributed by atoms with E-state index in [1.165, 1.54) is 0 Å². The molecule has 0 spiro atoms. The molecule has 1 aromatic heterocycles. The van der Waals surface area contributed by atoms with Crippen molar-refractivity contribution < 1.29 is 4.79 Å². The smallest absolute Gasteiger partial charge is 0.242 e. The highest BCUT2D eigenvalue weighted by atomic mass is 16.2. The topological polar surface area (TPSA) is 70.2 Å². The Balaban J connectivity index is 2.13. The maximum Gasteiger partial charge on any atom is 0.242 e. The molecule has 1 saturated heterocycles. The van der Waals surface area contributed by atoms with Gasteiger partial charge in [-0.25, -0.2) is 4.98 Å². The standard InChI is InChI=1S/C13H21N5O/c1-3-7-15-13-16-8-6-11(17-13)18-9-4-5-10(18)12(19)14-2/h6,8,10H,3-5,7,9H2,1-2H3,(H,14,19)(H,15,16,17). The van der Waals surface area contributed by atoms with E-state index in [4.69, 9.17) is 0 Å². The molecule has 2 rings (SSSR count). The molecular formula is C13H21N5O. The van der Waals surface area contributed by atoms with Crippen molar-refractivity contribution in [3.8, 4) is 0 Å². The molecule has 1 aliphatic heterocycles. The molecule has 1 aliphatic rings. The Kier molecular flexibility index (Phi) is 4.54. The summed E-state index contributed by atoms with van der Waals surface area (Å²) in [6.07, 6.45) is 4.65. The zero-order valence-corrected chi connectivity index (χ0v) is 11.5. The molecule has 6 heteroatoms. The minimum absolute atomic E-state index is 0.0548. The van der Waals surface area contributed by atoms with E-state index in [-0.39, 0.29) is 11.9 Å². The maximum absolute atomic E-state index is 11.8. The molecule has 0 bridgehead atoms. The number of hydrogen-bond donors (Lipinski definition) is 2. The molecule has 0 radical (unpaired) electrons. The van der Waals surface area contributed by atoms with Crippen molar-refractivity contribution >= 4 is 17.7 Å². The van der Waals surface area contributed by atoms with Crippen LogP contribution in [0.15, 0.2) is 12.3 Å². The van der Waals surface area contributed by atoms with Gasteiger partial charge in [0.15, 0.2) is 0 Å². The largest absolute Gasteiger partial charge is 0.357 e. The number of carbonyl (C=O) groups excluding carboxylic acids is 1. The molecule has 1 unspecified atom stereocenters. The highest BCUT2D eigenvalue weighted by Crippen LogP contribution is 2.24. The predicted octanol–water partition coefficient (Wildman–Crippen LogP) is 1.01. The van der Waals surface area contributed by atoms with Crippen LogP contribution in [-0.2, 0) is 4.79 Å². The van der Waals surface area contributed by atoms with Crippen LogP contribution in [0.2, 0.25) is 0 Å². The zero-order chi connectivity index (χ0) is 13.7. The summed E-state index contributed by atoms with van der Waals surface area (Å²) >= 11 is 0. The van der Waals surface area contributed by atoms with E-state index >= 15 is 0 Å². The quantitative estimate of drug-likeness (QED) is 0.830. The van der Waals surface area contributed by atoms with Crippen LogP contribution in [-0.4, -0.2) is 42.1 Å². The van der Waals surface area contributed by atoms with Crippen LogP contribution < -0.4 is 15.5 Å². The number of nitrogens with zero attached hydrogens (tertiary/aromatic N) is 3. The molecular weight excluding hydrogens is 242 g/mol. The van der Waals surface area contributed by atoms with Gasteiger partial charge >= 0.3 is 0 Å². The predicted molar refractivity (Wildman–Crippen MR) is 75.2 cm³/mol. The van der Waals surface area contributed by atoms with Crippen molar-refractivity contribution in [2.75, 3.05) is 30.4 Å². The molecule has 2 heterocycles. The number of rotatable bonds is 5. The first-order chi connectivity index (χ1) is 9.26. The third kappa shape index (κ3) is 3.13. The fraction of sp³-hybridized carbons (Fsp3) is 0.615. The normalized spacial score (nSPS) is 18.4. The van der Waals surface area contributed by atoms with E-state index in [0.717, 1.165) is 38.2 Å².